The summed E-state index contributed by atoms with van der Waals surface area (Å²) >= 11 is 0. The predicted octanol–water partition coefficient (Wildman–Crippen LogP) is 0.642. The molecule has 1 aliphatic rings. The maximum atomic E-state index is 11.9. The van der Waals surface area contributed by atoms with Gasteiger partial charge in [0, 0.05) is 19.5 Å². The van der Waals surface area contributed by atoms with Gasteiger partial charge in [-0.2, -0.15) is 0 Å². The van der Waals surface area contributed by atoms with Crippen molar-refractivity contribution in [2.24, 2.45) is 5.41 Å². The van der Waals surface area contributed by atoms with E-state index >= 15 is 0 Å². The van der Waals surface area contributed by atoms with E-state index in [0.29, 0.717) is 26.1 Å². The lowest BCUT2D eigenvalue weighted by Gasteiger charge is -2.33. The first-order valence-electron chi connectivity index (χ1n) is 5.42. The summed E-state index contributed by atoms with van der Waals surface area (Å²) in [5, 5.41) is 8.96. The minimum absolute atomic E-state index is 0.0146. The Bertz CT molecular complexity index is 222. The Morgan fingerprint density at radius 2 is 2.20 bits per heavy atom. The second kappa shape index (κ2) is 4.94. The zero-order chi connectivity index (χ0) is 11.5. The van der Waals surface area contributed by atoms with Gasteiger partial charge in [0.05, 0.1) is 19.3 Å². The lowest BCUT2D eigenvalue weighted by molar-refractivity contribution is -0.142. The van der Waals surface area contributed by atoms with Crippen molar-refractivity contribution in [3.8, 4) is 0 Å². The molecule has 0 aromatic carbocycles. The van der Waals surface area contributed by atoms with Crippen LogP contribution in [0.1, 0.15) is 27.2 Å². The summed E-state index contributed by atoms with van der Waals surface area (Å²) in [4.78, 5) is 13.7. The fourth-order valence-corrected chi connectivity index (χ4v) is 1.62. The highest BCUT2D eigenvalue weighted by Crippen LogP contribution is 2.20. The van der Waals surface area contributed by atoms with Crippen molar-refractivity contribution >= 4 is 5.91 Å². The van der Waals surface area contributed by atoms with Crippen molar-refractivity contribution in [1.29, 1.82) is 0 Å². The molecule has 1 atom stereocenters. The van der Waals surface area contributed by atoms with Crippen LogP contribution in [0.5, 0.6) is 0 Å². The molecule has 1 saturated heterocycles. The molecule has 4 nitrogen and oxygen atoms in total. The third-order valence-corrected chi connectivity index (χ3v) is 2.38. The molecule has 1 aliphatic heterocycles. The van der Waals surface area contributed by atoms with Gasteiger partial charge in [-0.25, -0.2) is 0 Å². The Hall–Kier alpha value is -0.610. The van der Waals surface area contributed by atoms with Crippen LogP contribution in [0.3, 0.4) is 0 Å². The number of aliphatic hydroxyl groups excluding tert-OH is 1. The van der Waals surface area contributed by atoms with Crippen LogP contribution in [0.2, 0.25) is 0 Å². The quantitative estimate of drug-likeness (QED) is 0.735. The molecule has 1 unspecified atom stereocenters. The van der Waals surface area contributed by atoms with Crippen LogP contribution in [0.25, 0.3) is 0 Å². The molecule has 0 aromatic rings. The van der Waals surface area contributed by atoms with Gasteiger partial charge in [0.2, 0.25) is 5.91 Å². The Balaban J connectivity index is 2.45. The third kappa shape index (κ3) is 4.18. The predicted molar refractivity (Wildman–Crippen MR) is 57.5 cm³/mol. The zero-order valence-corrected chi connectivity index (χ0v) is 9.82. The van der Waals surface area contributed by atoms with Crippen LogP contribution in [0, 0.1) is 5.41 Å². The average Bonchev–Trinajstić information content (AvgIpc) is 2.15. The lowest BCUT2D eigenvalue weighted by atomic mass is 9.91. The molecule has 0 radical (unpaired) electrons. The van der Waals surface area contributed by atoms with Gasteiger partial charge in [0.25, 0.3) is 0 Å². The van der Waals surface area contributed by atoms with Gasteiger partial charge in [-0.05, 0) is 5.41 Å². The number of hydrogen-bond acceptors (Lipinski definition) is 3. The molecule has 1 heterocycles. The number of morpholine rings is 1. The van der Waals surface area contributed by atoms with Crippen LogP contribution < -0.4 is 0 Å². The second-order valence-corrected chi connectivity index (χ2v) is 5.25. The van der Waals surface area contributed by atoms with Gasteiger partial charge >= 0.3 is 0 Å². The van der Waals surface area contributed by atoms with Crippen LogP contribution in [-0.2, 0) is 9.53 Å². The molecule has 4 heteroatoms. The van der Waals surface area contributed by atoms with E-state index in [0.717, 1.165) is 0 Å². The average molecular weight is 215 g/mol. The van der Waals surface area contributed by atoms with E-state index in [-0.39, 0.29) is 24.0 Å². The highest BCUT2D eigenvalue weighted by Gasteiger charge is 2.26. The first kappa shape index (κ1) is 12.5. The molecule has 1 amide bonds. The summed E-state index contributed by atoms with van der Waals surface area (Å²) in [5.41, 5.74) is 0.0180. The highest BCUT2D eigenvalue weighted by molar-refractivity contribution is 5.76. The number of hydrogen-bond donors (Lipinski definition) is 1. The van der Waals surface area contributed by atoms with Crippen molar-refractivity contribution < 1.29 is 14.6 Å². The van der Waals surface area contributed by atoms with Gasteiger partial charge in [-0.1, -0.05) is 20.8 Å². The van der Waals surface area contributed by atoms with Crippen LogP contribution >= 0.6 is 0 Å². The summed E-state index contributed by atoms with van der Waals surface area (Å²) in [6.45, 7) is 7.83. The number of ether oxygens (including phenoxy) is 1. The number of nitrogens with zero attached hydrogens (tertiary/aromatic N) is 1. The van der Waals surface area contributed by atoms with Gasteiger partial charge in [0.1, 0.15) is 0 Å². The van der Waals surface area contributed by atoms with Crippen LogP contribution in [0.4, 0.5) is 0 Å². The first-order chi connectivity index (χ1) is 6.92. The van der Waals surface area contributed by atoms with E-state index in [9.17, 15) is 4.79 Å². The van der Waals surface area contributed by atoms with E-state index in [4.69, 9.17) is 9.84 Å². The molecule has 15 heavy (non-hydrogen) atoms. The lowest BCUT2D eigenvalue weighted by Crippen LogP contribution is -2.47. The summed E-state index contributed by atoms with van der Waals surface area (Å²) in [6, 6.07) is 0. The van der Waals surface area contributed by atoms with Crippen LogP contribution in [0.15, 0.2) is 0 Å². The number of carbonyl (C=O) groups excluding carboxylic acids is 1. The van der Waals surface area contributed by atoms with Crippen molar-refractivity contribution in [1.82, 2.24) is 4.90 Å². The fraction of sp³-hybridized carbons (Fsp3) is 0.909. The Kier molecular flexibility index (Phi) is 4.11. The van der Waals surface area contributed by atoms with Crippen molar-refractivity contribution in [3.05, 3.63) is 0 Å². The molecule has 0 saturated carbocycles. The van der Waals surface area contributed by atoms with E-state index in [1.165, 1.54) is 0 Å². The molecule has 1 rings (SSSR count). The highest BCUT2D eigenvalue weighted by atomic mass is 16.5. The summed E-state index contributed by atoms with van der Waals surface area (Å²) in [5.74, 6) is 0.157. The van der Waals surface area contributed by atoms with Crippen molar-refractivity contribution in [2.75, 3.05) is 26.3 Å². The van der Waals surface area contributed by atoms with Gasteiger partial charge in [-0.3, -0.25) is 4.79 Å². The molecule has 88 valence electrons. The zero-order valence-electron chi connectivity index (χ0n) is 9.82. The largest absolute Gasteiger partial charge is 0.394 e. The molecule has 0 aromatic heterocycles. The van der Waals surface area contributed by atoms with E-state index in [1.807, 2.05) is 0 Å². The molecule has 0 spiro atoms. The number of rotatable bonds is 2. The minimum atomic E-state index is -0.206. The summed E-state index contributed by atoms with van der Waals surface area (Å²) < 4.78 is 5.29. The molecule has 0 bridgehead atoms. The Morgan fingerprint density at radius 3 is 2.73 bits per heavy atom. The number of carbonyl (C=O) groups is 1. The topological polar surface area (TPSA) is 49.8 Å². The van der Waals surface area contributed by atoms with Crippen LogP contribution in [-0.4, -0.2) is 48.3 Å². The fourth-order valence-electron chi connectivity index (χ4n) is 1.62. The van der Waals surface area contributed by atoms with Gasteiger partial charge in [-0.15, -0.1) is 0 Å². The maximum absolute atomic E-state index is 11.9. The molecular formula is C11H21NO3. The molecule has 0 aliphatic carbocycles. The molecule has 1 fully saturated rings. The van der Waals surface area contributed by atoms with Crippen molar-refractivity contribution in [2.45, 2.75) is 33.3 Å². The normalized spacial score (nSPS) is 22.9. The first-order valence-corrected chi connectivity index (χ1v) is 5.42. The minimum Gasteiger partial charge on any atom is -0.394 e. The summed E-state index contributed by atoms with van der Waals surface area (Å²) in [7, 11) is 0. The summed E-state index contributed by atoms with van der Waals surface area (Å²) in [6.07, 6.45) is 0.341. The Morgan fingerprint density at radius 1 is 1.53 bits per heavy atom. The SMILES string of the molecule is CC(C)(C)CC(=O)N1CCOC(CO)C1. The van der Waals surface area contributed by atoms with E-state index in [1.54, 1.807) is 4.90 Å². The number of amides is 1. The smallest absolute Gasteiger partial charge is 0.223 e. The molecular weight excluding hydrogens is 194 g/mol. The number of aliphatic hydroxyl groups is 1. The van der Waals surface area contributed by atoms with E-state index < -0.39 is 0 Å². The van der Waals surface area contributed by atoms with E-state index in [2.05, 4.69) is 20.8 Å². The van der Waals surface area contributed by atoms with Gasteiger partial charge in [0.15, 0.2) is 0 Å². The molecule has 1 N–H and O–H groups in total. The Labute approximate surface area is 91.2 Å². The second-order valence-electron chi connectivity index (χ2n) is 5.25. The standard InChI is InChI=1S/C11H21NO3/c1-11(2,3)6-10(14)12-4-5-15-9(7-12)8-13/h9,13H,4-8H2,1-3H3. The monoisotopic (exact) mass is 215 g/mol. The third-order valence-electron chi connectivity index (χ3n) is 2.38. The van der Waals surface area contributed by atoms with Gasteiger partial charge < -0.3 is 14.7 Å². The van der Waals surface area contributed by atoms with Crippen molar-refractivity contribution in [3.63, 3.8) is 0 Å². The maximum Gasteiger partial charge on any atom is 0.223 e.